The molecule has 4 aromatic rings. The lowest BCUT2D eigenvalue weighted by molar-refractivity contribution is -0.116. The van der Waals surface area contributed by atoms with Gasteiger partial charge in [0.25, 0.3) is 5.56 Å². The molecule has 9 heteroatoms. The fourth-order valence-electron chi connectivity index (χ4n) is 3.37. The van der Waals surface area contributed by atoms with Crippen LogP contribution < -0.4 is 10.9 Å². The number of aromatic amines is 1. The number of anilines is 1. The molecule has 0 saturated carbocycles. The zero-order valence-corrected chi connectivity index (χ0v) is 18.2. The van der Waals surface area contributed by atoms with Gasteiger partial charge >= 0.3 is 0 Å². The van der Waals surface area contributed by atoms with Crippen LogP contribution in [0, 0.1) is 26.7 Å². The van der Waals surface area contributed by atoms with Gasteiger partial charge in [-0.3, -0.25) is 14.6 Å². The van der Waals surface area contributed by atoms with Crippen LogP contribution >= 0.6 is 0 Å². The molecule has 3 aromatic heterocycles. The summed E-state index contributed by atoms with van der Waals surface area (Å²) in [6.45, 7) is 9.82. The molecule has 3 heterocycles. The first-order chi connectivity index (χ1) is 14.7. The number of carbonyl (C=O) groups excluding carboxylic acids is 1. The summed E-state index contributed by atoms with van der Waals surface area (Å²) in [5.41, 5.74) is 3.86. The van der Waals surface area contributed by atoms with E-state index in [1.54, 1.807) is 10.7 Å². The normalized spacial score (nSPS) is 11.4. The molecule has 9 nitrogen and oxygen atoms in total. The van der Waals surface area contributed by atoms with Crippen molar-refractivity contribution in [3.05, 3.63) is 57.6 Å². The van der Waals surface area contributed by atoms with Crippen molar-refractivity contribution < 1.29 is 4.79 Å². The molecular formula is C22H25N7O2. The lowest BCUT2D eigenvalue weighted by Crippen LogP contribution is -2.19. The average molecular weight is 419 g/mol. The summed E-state index contributed by atoms with van der Waals surface area (Å²) in [5.74, 6) is 0.748. The van der Waals surface area contributed by atoms with Gasteiger partial charge in [0.05, 0.1) is 17.6 Å². The topological polar surface area (TPSA) is 110 Å². The van der Waals surface area contributed by atoms with Crippen LogP contribution in [-0.2, 0) is 4.79 Å². The summed E-state index contributed by atoms with van der Waals surface area (Å²) in [6, 6.07) is 7.68. The maximum absolute atomic E-state index is 12.7. The SMILES string of the molecule is Cc1cc(NC(=O)CC(C)C)n(-c2nc3c(cnn3-c3ccc(C)c(C)c3)c(=O)[nH]2)n1. The second-order valence-corrected chi connectivity index (χ2v) is 8.18. The summed E-state index contributed by atoms with van der Waals surface area (Å²) in [4.78, 5) is 32.4. The monoisotopic (exact) mass is 419 g/mol. The molecule has 0 fully saturated rings. The van der Waals surface area contributed by atoms with Crippen molar-refractivity contribution in [2.24, 2.45) is 5.92 Å². The van der Waals surface area contributed by atoms with Gasteiger partial charge < -0.3 is 5.32 Å². The number of amides is 1. The number of aromatic nitrogens is 6. The number of rotatable bonds is 5. The number of hydrogen-bond acceptors (Lipinski definition) is 5. The quantitative estimate of drug-likeness (QED) is 0.516. The highest BCUT2D eigenvalue weighted by Crippen LogP contribution is 2.20. The lowest BCUT2D eigenvalue weighted by atomic mass is 10.1. The summed E-state index contributed by atoms with van der Waals surface area (Å²) in [5, 5.41) is 12.0. The van der Waals surface area contributed by atoms with E-state index in [-0.39, 0.29) is 23.3 Å². The van der Waals surface area contributed by atoms with E-state index in [2.05, 4.69) is 25.5 Å². The Labute approximate surface area is 179 Å². The van der Waals surface area contributed by atoms with Crippen LogP contribution in [0.2, 0.25) is 0 Å². The van der Waals surface area contributed by atoms with Crippen LogP contribution in [0.1, 0.15) is 37.1 Å². The predicted octanol–water partition coefficient (Wildman–Crippen LogP) is 3.20. The Balaban J connectivity index is 1.82. The van der Waals surface area contributed by atoms with Crippen LogP contribution in [0.15, 0.2) is 35.3 Å². The van der Waals surface area contributed by atoms with Gasteiger partial charge in [0.15, 0.2) is 5.65 Å². The zero-order valence-electron chi connectivity index (χ0n) is 18.2. The molecule has 1 aromatic carbocycles. The molecule has 0 saturated heterocycles. The van der Waals surface area contributed by atoms with Crippen LogP contribution in [0.5, 0.6) is 0 Å². The van der Waals surface area contributed by atoms with Crippen molar-refractivity contribution in [3.63, 3.8) is 0 Å². The number of carbonyl (C=O) groups is 1. The molecule has 0 aliphatic rings. The third kappa shape index (κ3) is 3.98. The number of benzene rings is 1. The van der Waals surface area contributed by atoms with Crippen LogP contribution in [0.4, 0.5) is 5.82 Å². The zero-order chi connectivity index (χ0) is 22.3. The Bertz CT molecular complexity index is 1340. The average Bonchev–Trinajstić information content (AvgIpc) is 3.27. The third-order valence-electron chi connectivity index (χ3n) is 5.05. The maximum Gasteiger partial charge on any atom is 0.263 e. The molecule has 0 unspecified atom stereocenters. The summed E-state index contributed by atoms with van der Waals surface area (Å²) in [6.07, 6.45) is 1.88. The second-order valence-electron chi connectivity index (χ2n) is 8.18. The van der Waals surface area contributed by atoms with E-state index in [1.807, 2.05) is 52.8 Å². The van der Waals surface area contributed by atoms with Crippen molar-refractivity contribution in [3.8, 4) is 11.6 Å². The number of H-pyrrole nitrogens is 1. The molecule has 160 valence electrons. The van der Waals surface area contributed by atoms with Gasteiger partial charge in [-0.1, -0.05) is 19.9 Å². The van der Waals surface area contributed by atoms with Crippen molar-refractivity contribution >= 4 is 22.8 Å². The molecule has 0 spiro atoms. The standard InChI is InChI=1S/C22H25N7O2/c1-12(2)8-19(30)24-18-10-15(5)27-29(18)22-25-20-17(21(31)26-22)11-23-28(20)16-7-6-13(3)14(4)9-16/h6-7,9-12H,8H2,1-5H3,(H,24,30)(H,25,26,31). The van der Waals surface area contributed by atoms with E-state index in [1.165, 1.54) is 16.4 Å². The Morgan fingerprint density at radius 2 is 1.90 bits per heavy atom. The molecule has 4 rings (SSSR count). The summed E-state index contributed by atoms with van der Waals surface area (Å²) >= 11 is 0. The maximum atomic E-state index is 12.7. The number of nitrogens with zero attached hydrogens (tertiary/aromatic N) is 5. The first-order valence-electron chi connectivity index (χ1n) is 10.2. The predicted molar refractivity (Wildman–Crippen MR) is 119 cm³/mol. The fraction of sp³-hybridized carbons (Fsp3) is 0.318. The molecule has 0 atom stereocenters. The van der Waals surface area contributed by atoms with E-state index < -0.39 is 0 Å². The Kier molecular flexibility index (Phi) is 5.18. The van der Waals surface area contributed by atoms with Gasteiger partial charge in [-0.05, 0) is 49.9 Å². The van der Waals surface area contributed by atoms with Crippen molar-refractivity contribution in [1.82, 2.24) is 29.5 Å². The van der Waals surface area contributed by atoms with E-state index in [0.717, 1.165) is 11.3 Å². The molecule has 0 aliphatic carbocycles. The van der Waals surface area contributed by atoms with Crippen LogP contribution in [0.3, 0.4) is 0 Å². The molecule has 1 amide bonds. The van der Waals surface area contributed by atoms with Gasteiger partial charge in [-0.25, -0.2) is 4.68 Å². The molecule has 31 heavy (non-hydrogen) atoms. The van der Waals surface area contributed by atoms with E-state index in [4.69, 9.17) is 0 Å². The fourth-order valence-corrected chi connectivity index (χ4v) is 3.37. The molecule has 0 radical (unpaired) electrons. The number of aryl methyl sites for hydroxylation is 3. The van der Waals surface area contributed by atoms with E-state index in [9.17, 15) is 9.59 Å². The highest BCUT2D eigenvalue weighted by molar-refractivity contribution is 5.90. The molecular weight excluding hydrogens is 394 g/mol. The first-order valence-corrected chi connectivity index (χ1v) is 10.2. The van der Waals surface area contributed by atoms with E-state index >= 15 is 0 Å². The van der Waals surface area contributed by atoms with Crippen molar-refractivity contribution in [2.45, 2.75) is 41.0 Å². The van der Waals surface area contributed by atoms with Crippen molar-refractivity contribution in [1.29, 1.82) is 0 Å². The smallest absolute Gasteiger partial charge is 0.263 e. The molecule has 0 bridgehead atoms. The summed E-state index contributed by atoms with van der Waals surface area (Å²) < 4.78 is 3.07. The van der Waals surface area contributed by atoms with Crippen LogP contribution in [0.25, 0.3) is 22.7 Å². The highest BCUT2D eigenvalue weighted by Gasteiger charge is 2.17. The minimum absolute atomic E-state index is 0.125. The molecule has 2 N–H and O–H groups in total. The Morgan fingerprint density at radius 3 is 2.61 bits per heavy atom. The Morgan fingerprint density at radius 1 is 1.13 bits per heavy atom. The van der Waals surface area contributed by atoms with Crippen molar-refractivity contribution in [2.75, 3.05) is 5.32 Å². The van der Waals surface area contributed by atoms with Crippen LogP contribution in [-0.4, -0.2) is 35.4 Å². The minimum atomic E-state index is -0.331. The van der Waals surface area contributed by atoms with Gasteiger partial charge in [0.2, 0.25) is 11.9 Å². The van der Waals surface area contributed by atoms with E-state index in [0.29, 0.717) is 29.0 Å². The Hall–Kier alpha value is -3.75. The van der Waals surface area contributed by atoms with Gasteiger partial charge in [0, 0.05) is 12.5 Å². The highest BCUT2D eigenvalue weighted by atomic mass is 16.1. The lowest BCUT2D eigenvalue weighted by Gasteiger charge is -2.10. The number of fused-ring (bicyclic) bond motifs is 1. The number of nitrogens with one attached hydrogen (secondary N) is 2. The number of hydrogen-bond donors (Lipinski definition) is 2. The minimum Gasteiger partial charge on any atom is -0.310 e. The largest absolute Gasteiger partial charge is 0.310 e. The third-order valence-corrected chi connectivity index (χ3v) is 5.05. The summed E-state index contributed by atoms with van der Waals surface area (Å²) in [7, 11) is 0. The van der Waals surface area contributed by atoms with Gasteiger partial charge in [0.1, 0.15) is 11.2 Å². The first kappa shape index (κ1) is 20.5. The van der Waals surface area contributed by atoms with Gasteiger partial charge in [-0.2, -0.15) is 19.9 Å². The molecule has 0 aliphatic heterocycles. The van der Waals surface area contributed by atoms with Gasteiger partial charge in [-0.15, -0.1) is 0 Å². The second kappa shape index (κ2) is 7.82.